The fourth-order valence-corrected chi connectivity index (χ4v) is 2.78. The van der Waals surface area contributed by atoms with Gasteiger partial charge in [0.25, 0.3) is 0 Å². The number of fused-ring (bicyclic) bond motifs is 3. The highest BCUT2D eigenvalue weighted by Crippen LogP contribution is 2.36. The smallest absolute Gasteiger partial charge is 0.170 e. The minimum absolute atomic E-state index is 0.00337. The Morgan fingerprint density at radius 1 is 1.00 bits per heavy atom. The van der Waals surface area contributed by atoms with Gasteiger partial charge in [-0.3, -0.25) is 9.59 Å². The number of hydrogen-bond donors (Lipinski definition) is 0. The molecule has 3 rings (SSSR count). The molecule has 0 aliphatic heterocycles. The molecule has 1 aliphatic carbocycles. The first-order chi connectivity index (χ1) is 10.1. The maximum Gasteiger partial charge on any atom is 0.170 e. The van der Waals surface area contributed by atoms with Crippen molar-refractivity contribution < 1.29 is 9.59 Å². The zero-order valence-corrected chi connectivity index (χ0v) is 12.3. The quantitative estimate of drug-likeness (QED) is 0.533. The van der Waals surface area contributed by atoms with Gasteiger partial charge in [-0.05, 0) is 34.7 Å². The number of rotatable bonds is 4. The predicted octanol–water partition coefficient (Wildman–Crippen LogP) is 4.06. The maximum atomic E-state index is 12.2. The van der Waals surface area contributed by atoms with E-state index in [1.807, 2.05) is 44.2 Å². The molecule has 0 N–H and O–H groups in total. The average molecular weight is 278 g/mol. The third-order valence-corrected chi connectivity index (χ3v) is 4.09. The second-order valence-corrected chi connectivity index (χ2v) is 5.93. The van der Waals surface area contributed by atoms with Crippen molar-refractivity contribution in [1.82, 2.24) is 0 Å². The van der Waals surface area contributed by atoms with E-state index in [0.717, 1.165) is 6.42 Å². The van der Waals surface area contributed by atoms with Gasteiger partial charge in [0, 0.05) is 11.5 Å². The summed E-state index contributed by atoms with van der Waals surface area (Å²) in [6.45, 7) is 3.66. The van der Waals surface area contributed by atoms with Gasteiger partial charge in [0.05, 0.1) is 6.42 Å². The zero-order chi connectivity index (χ0) is 15.0. The van der Waals surface area contributed by atoms with Crippen molar-refractivity contribution in [2.75, 3.05) is 0 Å². The van der Waals surface area contributed by atoms with Gasteiger partial charge in [-0.25, -0.2) is 0 Å². The highest BCUT2D eigenvalue weighted by molar-refractivity contribution is 6.08. The van der Waals surface area contributed by atoms with Crippen molar-refractivity contribution in [3.63, 3.8) is 0 Å². The molecule has 0 amide bonds. The van der Waals surface area contributed by atoms with Crippen LogP contribution >= 0.6 is 0 Å². The van der Waals surface area contributed by atoms with E-state index in [0.29, 0.717) is 5.56 Å². The topological polar surface area (TPSA) is 34.1 Å². The molecule has 0 radical (unpaired) electrons. The first kappa shape index (κ1) is 13.7. The number of Topliss-reactive ketones (excluding diaryl/α,β-unsaturated/α-hetero) is 2. The third kappa shape index (κ3) is 2.54. The van der Waals surface area contributed by atoms with Crippen molar-refractivity contribution in [2.45, 2.75) is 26.7 Å². The summed E-state index contributed by atoms with van der Waals surface area (Å²) in [5.41, 5.74) is 5.59. The van der Waals surface area contributed by atoms with E-state index in [9.17, 15) is 9.59 Å². The van der Waals surface area contributed by atoms with Gasteiger partial charge >= 0.3 is 0 Å². The van der Waals surface area contributed by atoms with E-state index >= 15 is 0 Å². The molecule has 0 atom stereocenters. The molecule has 0 heterocycles. The summed E-state index contributed by atoms with van der Waals surface area (Å²) < 4.78 is 0. The molecule has 2 heteroatoms. The van der Waals surface area contributed by atoms with Gasteiger partial charge < -0.3 is 0 Å². The fraction of sp³-hybridized carbons (Fsp3) is 0.263. The lowest BCUT2D eigenvalue weighted by atomic mass is 9.97. The van der Waals surface area contributed by atoms with Gasteiger partial charge in [-0.15, -0.1) is 0 Å². The molecule has 0 bridgehead atoms. The van der Waals surface area contributed by atoms with Crippen molar-refractivity contribution in [3.8, 4) is 11.1 Å². The number of carbonyl (C=O) groups excluding carboxylic acids is 2. The van der Waals surface area contributed by atoms with Crippen LogP contribution in [0.4, 0.5) is 0 Å². The second kappa shape index (κ2) is 5.28. The SMILES string of the molecule is CC(C)C(=O)CC(=O)c1ccc2c(c1)Cc1ccccc1-2. The van der Waals surface area contributed by atoms with E-state index < -0.39 is 0 Å². The normalized spacial score (nSPS) is 12.1. The van der Waals surface area contributed by atoms with Crippen LogP contribution in [0.5, 0.6) is 0 Å². The molecule has 106 valence electrons. The monoisotopic (exact) mass is 278 g/mol. The van der Waals surface area contributed by atoms with Gasteiger partial charge in [0.1, 0.15) is 5.78 Å². The van der Waals surface area contributed by atoms with Crippen LogP contribution in [0, 0.1) is 5.92 Å². The lowest BCUT2D eigenvalue weighted by Gasteiger charge is -2.06. The van der Waals surface area contributed by atoms with Crippen LogP contribution in [0.3, 0.4) is 0 Å². The molecule has 21 heavy (non-hydrogen) atoms. The Morgan fingerprint density at radius 2 is 1.71 bits per heavy atom. The Labute approximate surface area is 124 Å². The highest BCUT2D eigenvalue weighted by Gasteiger charge is 2.20. The van der Waals surface area contributed by atoms with E-state index in [1.54, 1.807) is 0 Å². The van der Waals surface area contributed by atoms with Gasteiger partial charge in [-0.2, -0.15) is 0 Å². The Bertz CT molecular complexity index is 726. The molecule has 0 unspecified atom stereocenters. The Morgan fingerprint density at radius 3 is 2.48 bits per heavy atom. The van der Waals surface area contributed by atoms with Crippen LogP contribution in [0.15, 0.2) is 42.5 Å². The molecule has 2 aromatic carbocycles. The zero-order valence-electron chi connectivity index (χ0n) is 12.3. The first-order valence-electron chi connectivity index (χ1n) is 7.33. The Hall–Kier alpha value is -2.22. The number of ketones is 2. The number of benzene rings is 2. The molecular formula is C19H18O2. The molecule has 2 nitrogen and oxygen atoms in total. The standard InChI is InChI=1S/C19H18O2/c1-12(2)18(20)11-19(21)14-7-8-17-15(10-14)9-13-5-3-4-6-16(13)17/h3-8,10,12H,9,11H2,1-2H3. The van der Waals surface area contributed by atoms with Crippen molar-refractivity contribution >= 4 is 11.6 Å². The van der Waals surface area contributed by atoms with E-state index in [2.05, 4.69) is 12.1 Å². The summed E-state index contributed by atoms with van der Waals surface area (Å²) in [6, 6.07) is 14.1. The molecule has 0 fully saturated rings. The van der Waals surface area contributed by atoms with Crippen molar-refractivity contribution in [2.24, 2.45) is 5.92 Å². The molecule has 0 spiro atoms. The van der Waals surface area contributed by atoms with Crippen LogP contribution in [-0.4, -0.2) is 11.6 Å². The summed E-state index contributed by atoms with van der Waals surface area (Å²) in [5, 5.41) is 0. The molecule has 0 saturated carbocycles. The summed E-state index contributed by atoms with van der Waals surface area (Å²) in [5.74, 6) is -0.163. The minimum atomic E-state index is -0.0902. The summed E-state index contributed by atoms with van der Waals surface area (Å²) in [7, 11) is 0. The average Bonchev–Trinajstić information content (AvgIpc) is 2.84. The van der Waals surface area contributed by atoms with Crippen LogP contribution in [0.25, 0.3) is 11.1 Å². The van der Waals surface area contributed by atoms with Crippen molar-refractivity contribution in [3.05, 3.63) is 59.2 Å². The van der Waals surface area contributed by atoms with E-state index in [4.69, 9.17) is 0 Å². The largest absolute Gasteiger partial charge is 0.299 e. The van der Waals surface area contributed by atoms with Crippen LogP contribution in [0.1, 0.15) is 41.8 Å². The summed E-state index contributed by atoms with van der Waals surface area (Å²) in [6.07, 6.45) is 0.869. The molecule has 0 saturated heterocycles. The van der Waals surface area contributed by atoms with Crippen LogP contribution in [-0.2, 0) is 11.2 Å². The lowest BCUT2D eigenvalue weighted by molar-refractivity contribution is -0.121. The third-order valence-electron chi connectivity index (χ3n) is 4.09. The molecular weight excluding hydrogens is 260 g/mol. The van der Waals surface area contributed by atoms with Crippen LogP contribution < -0.4 is 0 Å². The maximum absolute atomic E-state index is 12.2. The first-order valence-corrected chi connectivity index (χ1v) is 7.33. The van der Waals surface area contributed by atoms with Crippen molar-refractivity contribution in [1.29, 1.82) is 0 Å². The minimum Gasteiger partial charge on any atom is -0.299 e. The fourth-order valence-electron chi connectivity index (χ4n) is 2.78. The van der Waals surface area contributed by atoms with Gasteiger partial charge in [0.15, 0.2) is 5.78 Å². The van der Waals surface area contributed by atoms with Gasteiger partial charge in [-0.1, -0.05) is 50.2 Å². The Balaban J connectivity index is 1.87. The molecule has 1 aliphatic rings. The number of hydrogen-bond acceptors (Lipinski definition) is 2. The summed E-state index contributed by atoms with van der Waals surface area (Å²) >= 11 is 0. The van der Waals surface area contributed by atoms with Crippen LogP contribution in [0.2, 0.25) is 0 Å². The number of carbonyl (C=O) groups is 2. The van der Waals surface area contributed by atoms with E-state index in [1.165, 1.54) is 22.3 Å². The van der Waals surface area contributed by atoms with Gasteiger partial charge in [0.2, 0.25) is 0 Å². The summed E-state index contributed by atoms with van der Waals surface area (Å²) in [4.78, 5) is 23.9. The molecule has 2 aromatic rings. The predicted molar refractivity (Wildman–Crippen MR) is 83.5 cm³/mol. The van der Waals surface area contributed by atoms with E-state index in [-0.39, 0.29) is 23.9 Å². The molecule has 0 aromatic heterocycles. The highest BCUT2D eigenvalue weighted by atomic mass is 16.1. The lowest BCUT2D eigenvalue weighted by Crippen LogP contribution is -2.13. The Kier molecular flexibility index (Phi) is 3.46. The second-order valence-electron chi connectivity index (χ2n) is 5.93.